The molecule has 3 nitrogen and oxygen atoms in total. The molecule has 392 valence electrons. The average molecular weight is 1040 g/mol. The minimum Gasteiger partial charge on any atom is -0.311 e. The van der Waals surface area contributed by atoms with Gasteiger partial charge in [-0.3, -0.25) is 0 Å². The second kappa shape index (κ2) is 18.1. The lowest BCUT2D eigenvalue weighted by Crippen LogP contribution is -2.61. The van der Waals surface area contributed by atoms with Gasteiger partial charge in [0.25, 0.3) is 6.71 Å². The van der Waals surface area contributed by atoms with Gasteiger partial charge in [-0.1, -0.05) is 227 Å². The van der Waals surface area contributed by atoms with Crippen molar-refractivity contribution in [3.05, 3.63) is 241 Å². The van der Waals surface area contributed by atoms with Crippen LogP contribution in [0.25, 0.3) is 60.9 Å². The zero-order chi connectivity index (χ0) is 55.0. The summed E-state index contributed by atoms with van der Waals surface area (Å²) in [6.45, 7) is 23.7. The van der Waals surface area contributed by atoms with E-state index >= 15 is 0 Å². The molecule has 80 heavy (non-hydrogen) atoms. The van der Waals surface area contributed by atoms with Gasteiger partial charge in [0.2, 0.25) is 0 Å². The van der Waals surface area contributed by atoms with Crippen LogP contribution in [-0.2, 0) is 21.7 Å². The molecule has 2 aliphatic heterocycles. The van der Waals surface area contributed by atoms with Crippen molar-refractivity contribution in [3.8, 4) is 39.1 Å². The predicted molar refractivity (Wildman–Crippen MR) is 344 cm³/mol. The maximum absolute atomic E-state index is 2.63. The summed E-state index contributed by atoms with van der Waals surface area (Å²) in [6.07, 6.45) is 2.39. The van der Waals surface area contributed by atoms with E-state index in [1.54, 1.807) is 0 Å². The van der Waals surface area contributed by atoms with E-state index in [-0.39, 0.29) is 28.4 Å². The summed E-state index contributed by atoms with van der Waals surface area (Å²) in [6, 6.07) is 83.5. The van der Waals surface area contributed by atoms with Gasteiger partial charge in [0, 0.05) is 44.9 Å². The van der Waals surface area contributed by atoms with Gasteiger partial charge in [0.15, 0.2) is 0 Å². The molecule has 3 aliphatic rings. The van der Waals surface area contributed by atoms with Crippen LogP contribution < -0.4 is 26.2 Å². The second-order valence-electron chi connectivity index (χ2n) is 26.5. The van der Waals surface area contributed by atoms with Crippen LogP contribution in [0.15, 0.2) is 218 Å². The number of rotatable bonds is 6. The molecule has 0 saturated carbocycles. The van der Waals surface area contributed by atoms with E-state index < -0.39 is 0 Å². The van der Waals surface area contributed by atoms with Gasteiger partial charge in [-0.2, -0.15) is 0 Å². The van der Waals surface area contributed by atoms with Crippen molar-refractivity contribution in [2.24, 2.45) is 0 Å². The normalized spacial score (nSPS) is 15.2. The number of hydrogen-bond donors (Lipinski definition) is 0. The van der Waals surface area contributed by atoms with Crippen molar-refractivity contribution >= 4 is 79.0 Å². The summed E-state index contributed by atoms with van der Waals surface area (Å²) >= 11 is 0. The Morgan fingerprint density at radius 3 is 1.29 bits per heavy atom. The van der Waals surface area contributed by atoms with E-state index in [0.717, 1.165) is 11.4 Å². The molecule has 10 aromatic carbocycles. The monoisotopic (exact) mass is 1040 g/mol. The van der Waals surface area contributed by atoms with Gasteiger partial charge in [-0.05, 0) is 167 Å². The van der Waals surface area contributed by atoms with Crippen LogP contribution in [0, 0.1) is 0 Å². The van der Waals surface area contributed by atoms with Gasteiger partial charge < -0.3 is 14.4 Å². The van der Waals surface area contributed by atoms with Crippen molar-refractivity contribution in [2.45, 2.75) is 104 Å². The highest BCUT2D eigenvalue weighted by Gasteiger charge is 2.45. The maximum Gasteiger partial charge on any atom is 0.252 e. The Balaban J connectivity index is 1.09. The third-order valence-corrected chi connectivity index (χ3v) is 18.3. The fraction of sp³-hybridized carbons (Fsp3) is 0.211. The minimum absolute atomic E-state index is 0.0970. The van der Waals surface area contributed by atoms with Crippen molar-refractivity contribution < 1.29 is 0 Å². The van der Waals surface area contributed by atoms with Crippen molar-refractivity contribution in [1.82, 2.24) is 4.57 Å². The van der Waals surface area contributed by atoms with Gasteiger partial charge in [-0.15, -0.1) is 0 Å². The van der Waals surface area contributed by atoms with E-state index in [1.165, 1.54) is 135 Å². The van der Waals surface area contributed by atoms with Gasteiger partial charge in [0.05, 0.1) is 16.7 Å². The van der Waals surface area contributed by atoms with Crippen LogP contribution >= 0.6 is 0 Å². The molecule has 0 saturated heterocycles. The first-order valence-electron chi connectivity index (χ1n) is 29.0. The Bertz CT molecular complexity index is 4180. The molecule has 14 rings (SSSR count). The first kappa shape index (κ1) is 49.9. The lowest BCUT2D eigenvalue weighted by Gasteiger charge is -2.45. The Kier molecular flexibility index (Phi) is 11.3. The molecular weight excluding hydrogens is 966 g/mol. The highest BCUT2D eigenvalue weighted by Crippen LogP contribution is 2.50. The van der Waals surface area contributed by atoms with Gasteiger partial charge >= 0.3 is 0 Å². The smallest absolute Gasteiger partial charge is 0.252 e. The number of anilines is 6. The number of fused-ring (bicyclic) bond motifs is 8. The van der Waals surface area contributed by atoms with E-state index in [4.69, 9.17) is 0 Å². The number of para-hydroxylation sites is 2. The van der Waals surface area contributed by atoms with Gasteiger partial charge in [-0.25, -0.2) is 0 Å². The molecule has 0 N–H and O–H groups in total. The molecule has 0 radical (unpaired) electrons. The Labute approximate surface area is 474 Å². The molecule has 11 aromatic rings. The quantitative estimate of drug-likeness (QED) is 0.154. The zero-order valence-corrected chi connectivity index (χ0v) is 48.1. The fourth-order valence-corrected chi connectivity index (χ4v) is 13.7. The third kappa shape index (κ3) is 8.08. The fourth-order valence-electron chi connectivity index (χ4n) is 13.7. The van der Waals surface area contributed by atoms with Crippen LogP contribution in [-0.4, -0.2) is 11.3 Å². The van der Waals surface area contributed by atoms with Gasteiger partial charge in [0.1, 0.15) is 0 Å². The SMILES string of the molecule is CC(C)(C)c1cc(N2c3ccc(-c4ccccc4)cc3B3c4cc(-c5ccccc5)ccc4N(c4ccc(-c5ccc6c(c5)C(C)(C)CCC6(C)C)cc4)c4cc(-n5c6ccccc6c6ccccc65)cc2c43)cc(C(C)(C)C)c1. The molecule has 0 atom stereocenters. The lowest BCUT2D eigenvalue weighted by atomic mass is 9.33. The largest absolute Gasteiger partial charge is 0.311 e. The summed E-state index contributed by atoms with van der Waals surface area (Å²) in [5.41, 5.74) is 27.5. The lowest BCUT2D eigenvalue weighted by molar-refractivity contribution is 0.332. The summed E-state index contributed by atoms with van der Waals surface area (Å²) in [4.78, 5) is 5.23. The molecule has 4 heteroatoms. The molecule has 1 aromatic heterocycles. The van der Waals surface area contributed by atoms with Crippen molar-refractivity contribution in [1.29, 1.82) is 0 Å². The Hall–Kier alpha value is -8.34. The maximum atomic E-state index is 2.63. The van der Waals surface area contributed by atoms with E-state index in [9.17, 15) is 0 Å². The summed E-state index contributed by atoms with van der Waals surface area (Å²) in [7, 11) is 0. The molecule has 0 amide bonds. The Morgan fingerprint density at radius 1 is 0.350 bits per heavy atom. The zero-order valence-electron chi connectivity index (χ0n) is 48.1. The van der Waals surface area contributed by atoms with E-state index in [0.29, 0.717) is 0 Å². The number of aromatic nitrogens is 1. The van der Waals surface area contributed by atoms with Crippen LogP contribution in [0.4, 0.5) is 34.1 Å². The minimum atomic E-state index is -0.104. The van der Waals surface area contributed by atoms with E-state index in [1.807, 2.05) is 0 Å². The molecule has 0 spiro atoms. The van der Waals surface area contributed by atoms with E-state index in [2.05, 4.69) is 302 Å². The molecule has 0 fully saturated rings. The number of nitrogens with zero attached hydrogens (tertiary/aromatic N) is 3. The highest BCUT2D eigenvalue weighted by molar-refractivity contribution is 7.00. The topological polar surface area (TPSA) is 11.4 Å². The third-order valence-electron chi connectivity index (χ3n) is 18.3. The van der Waals surface area contributed by atoms with Crippen LogP contribution in [0.2, 0.25) is 0 Å². The second-order valence-corrected chi connectivity index (χ2v) is 26.5. The Morgan fingerprint density at radius 2 is 0.775 bits per heavy atom. The molecule has 3 heterocycles. The molecule has 0 unspecified atom stereocenters. The van der Waals surface area contributed by atoms with Crippen molar-refractivity contribution in [3.63, 3.8) is 0 Å². The predicted octanol–water partition coefficient (Wildman–Crippen LogP) is 18.8. The van der Waals surface area contributed by atoms with Crippen LogP contribution in [0.5, 0.6) is 0 Å². The standard InChI is InChI=1S/C76H70BN3/c1-73(2,3)55-44-56(74(4,5)6)46-58(45-55)80-69-38-33-54(50-23-15-12-16-24-50)43-65(69)77-64-42-53(49-21-13-11-14-22-49)32-37-68(64)78(57-34-29-51(30-35-57)52-31-36-62-63(41-52)76(9,10)40-39-75(62,7)8)70-47-59(48-71(80)72(70)77)79-66-27-19-17-25-60(66)61-26-18-20-28-67(61)79/h11-38,41-48H,39-40H2,1-10H3. The van der Waals surface area contributed by atoms with Crippen LogP contribution in [0.1, 0.15) is 104 Å². The summed E-state index contributed by atoms with van der Waals surface area (Å²) < 4.78 is 2.52. The summed E-state index contributed by atoms with van der Waals surface area (Å²) in [5, 5.41) is 2.49. The molecule has 1 aliphatic carbocycles. The number of hydrogen-bond acceptors (Lipinski definition) is 2. The summed E-state index contributed by atoms with van der Waals surface area (Å²) in [5.74, 6) is 0. The average Bonchev–Trinajstić information content (AvgIpc) is 3.83. The first-order valence-corrected chi connectivity index (χ1v) is 29.0. The number of benzene rings is 10. The molecule has 0 bridgehead atoms. The van der Waals surface area contributed by atoms with Crippen LogP contribution in [0.3, 0.4) is 0 Å². The highest BCUT2D eigenvalue weighted by atomic mass is 15.2. The van der Waals surface area contributed by atoms with Crippen molar-refractivity contribution in [2.75, 3.05) is 9.80 Å². The molecular formula is C76H70BN3. The first-order chi connectivity index (χ1) is 38.4.